The SMILES string of the molecule is Cc1ccc(-c2ccn3nc(N)nc3c2)c(F)c1C(=O)NCCC(O)C1CCCC1. The van der Waals surface area contributed by atoms with Gasteiger partial charge >= 0.3 is 0 Å². The van der Waals surface area contributed by atoms with Gasteiger partial charge in [-0.3, -0.25) is 4.79 Å². The van der Waals surface area contributed by atoms with E-state index < -0.39 is 17.8 Å². The number of anilines is 1. The van der Waals surface area contributed by atoms with Crippen molar-refractivity contribution >= 4 is 17.5 Å². The number of hydrogen-bond donors (Lipinski definition) is 3. The van der Waals surface area contributed by atoms with E-state index in [1.165, 1.54) is 4.52 Å². The second kappa shape index (κ2) is 8.39. The molecule has 7 nitrogen and oxygen atoms in total. The number of aliphatic hydroxyl groups excluding tert-OH is 1. The minimum atomic E-state index is -0.583. The van der Waals surface area contributed by atoms with Crippen LogP contribution in [0.3, 0.4) is 0 Å². The number of nitrogens with zero attached hydrogens (tertiary/aromatic N) is 3. The number of aliphatic hydroxyl groups is 1. The molecule has 0 aliphatic heterocycles. The van der Waals surface area contributed by atoms with E-state index in [0.29, 0.717) is 41.2 Å². The van der Waals surface area contributed by atoms with E-state index in [2.05, 4.69) is 15.4 Å². The highest BCUT2D eigenvalue weighted by molar-refractivity contribution is 5.97. The molecule has 1 saturated carbocycles. The molecule has 1 fully saturated rings. The number of nitrogens with two attached hydrogens (primary N) is 1. The minimum Gasteiger partial charge on any atom is -0.393 e. The molecular formula is C22H26FN5O2. The first kappa shape index (κ1) is 20.3. The van der Waals surface area contributed by atoms with Gasteiger partial charge in [-0.15, -0.1) is 5.10 Å². The number of carbonyl (C=O) groups excluding carboxylic acids is 1. The Morgan fingerprint density at radius 3 is 2.90 bits per heavy atom. The third-order valence-electron chi connectivity index (χ3n) is 5.91. The number of aryl methyl sites for hydroxylation is 1. The van der Waals surface area contributed by atoms with Crippen LogP contribution in [0.15, 0.2) is 30.5 Å². The van der Waals surface area contributed by atoms with Gasteiger partial charge in [0, 0.05) is 18.3 Å². The lowest BCUT2D eigenvalue weighted by molar-refractivity contribution is 0.0890. The number of pyridine rings is 1. The number of rotatable bonds is 6. The number of nitrogens with one attached hydrogen (secondary N) is 1. The Kier molecular flexibility index (Phi) is 5.67. The lowest BCUT2D eigenvalue weighted by Crippen LogP contribution is -2.30. The van der Waals surface area contributed by atoms with Crippen LogP contribution in [0.2, 0.25) is 0 Å². The highest BCUT2D eigenvalue weighted by atomic mass is 19.1. The Hall–Kier alpha value is -3.00. The summed E-state index contributed by atoms with van der Waals surface area (Å²) in [6, 6.07) is 6.76. The zero-order chi connectivity index (χ0) is 21.3. The number of nitrogen functional groups attached to an aromatic ring is 1. The fourth-order valence-corrected chi connectivity index (χ4v) is 4.24. The molecule has 1 unspecified atom stereocenters. The van der Waals surface area contributed by atoms with E-state index in [-0.39, 0.29) is 11.5 Å². The van der Waals surface area contributed by atoms with Gasteiger partial charge in [0.25, 0.3) is 5.91 Å². The van der Waals surface area contributed by atoms with E-state index in [1.807, 2.05) is 0 Å². The van der Waals surface area contributed by atoms with Crippen molar-refractivity contribution in [1.82, 2.24) is 19.9 Å². The maximum absolute atomic E-state index is 15.3. The summed E-state index contributed by atoms with van der Waals surface area (Å²) >= 11 is 0. The number of hydrogen-bond acceptors (Lipinski definition) is 5. The molecule has 1 aromatic carbocycles. The third-order valence-corrected chi connectivity index (χ3v) is 5.91. The number of carbonyl (C=O) groups is 1. The predicted octanol–water partition coefficient (Wildman–Crippen LogP) is 3.10. The van der Waals surface area contributed by atoms with E-state index >= 15 is 4.39 Å². The summed E-state index contributed by atoms with van der Waals surface area (Å²) in [7, 11) is 0. The quantitative estimate of drug-likeness (QED) is 0.578. The monoisotopic (exact) mass is 411 g/mol. The van der Waals surface area contributed by atoms with Gasteiger partial charge in [0.1, 0.15) is 5.82 Å². The number of benzene rings is 1. The molecule has 4 rings (SSSR count). The minimum absolute atomic E-state index is 0.0173. The summed E-state index contributed by atoms with van der Waals surface area (Å²) in [6.07, 6.45) is 6.07. The van der Waals surface area contributed by atoms with Gasteiger partial charge in [0.2, 0.25) is 5.95 Å². The first-order chi connectivity index (χ1) is 14.4. The molecule has 158 valence electrons. The van der Waals surface area contributed by atoms with Gasteiger partial charge in [-0.1, -0.05) is 25.0 Å². The highest BCUT2D eigenvalue weighted by Gasteiger charge is 2.24. The summed E-state index contributed by atoms with van der Waals surface area (Å²) in [5.74, 6) is -0.611. The van der Waals surface area contributed by atoms with Gasteiger partial charge in [-0.05, 0) is 55.4 Å². The van der Waals surface area contributed by atoms with Crippen LogP contribution in [-0.4, -0.2) is 38.3 Å². The summed E-state index contributed by atoms with van der Waals surface area (Å²) in [6.45, 7) is 2.02. The molecule has 2 heterocycles. The molecule has 30 heavy (non-hydrogen) atoms. The van der Waals surface area contributed by atoms with E-state index in [4.69, 9.17) is 5.73 Å². The standard InChI is InChI=1S/C22H26FN5O2/c1-13-6-7-16(15-9-11-28-18(12-15)26-22(24)27-28)20(23)19(13)21(30)25-10-8-17(29)14-4-2-3-5-14/h6-7,9,11-12,14,17,29H,2-5,8,10H2,1H3,(H2,24,27)(H,25,30). The molecule has 0 spiro atoms. The molecule has 0 saturated heterocycles. The Balaban J connectivity index is 1.52. The second-order valence-electron chi connectivity index (χ2n) is 7.96. The van der Waals surface area contributed by atoms with Crippen molar-refractivity contribution in [3.8, 4) is 11.1 Å². The zero-order valence-corrected chi connectivity index (χ0v) is 16.9. The van der Waals surface area contributed by atoms with Gasteiger partial charge in [0.05, 0.1) is 11.7 Å². The number of fused-ring (bicyclic) bond motifs is 1. The van der Waals surface area contributed by atoms with Crippen molar-refractivity contribution in [1.29, 1.82) is 0 Å². The van der Waals surface area contributed by atoms with Crippen LogP contribution in [-0.2, 0) is 0 Å². The molecule has 0 radical (unpaired) electrons. The first-order valence-corrected chi connectivity index (χ1v) is 10.3. The van der Waals surface area contributed by atoms with E-state index in [9.17, 15) is 9.90 Å². The van der Waals surface area contributed by atoms with E-state index in [0.717, 1.165) is 25.7 Å². The Morgan fingerprint density at radius 1 is 1.37 bits per heavy atom. The van der Waals surface area contributed by atoms with Crippen LogP contribution in [0.4, 0.5) is 10.3 Å². The highest BCUT2D eigenvalue weighted by Crippen LogP contribution is 2.29. The molecular weight excluding hydrogens is 385 g/mol. The number of amides is 1. The fraction of sp³-hybridized carbons (Fsp3) is 0.409. The van der Waals surface area contributed by atoms with Gasteiger partial charge < -0.3 is 16.2 Å². The van der Waals surface area contributed by atoms with Crippen LogP contribution in [0.25, 0.3) is 16.8 Å². The summed E-state index contributed by atoms with van der Waals surface area (Å²) < 4.78 is 16.8. The van der Waals surface area contributed by atoms with Crippen LogP contribution in [0.1, 0.15) is 48.0 Å². The first-order valence-electron chi connectivity index (χ1n) is 10.3. The lowest BCUT2D eigenvalue weighted by Gasteiger charge is -2.18. The molecule has 1 atom stereocenters. The normalized spacial score (nSPS) is 15.6. The van der Waals surface area contributed by atoms with Gasteiger partial charge in [-0.2, -0.15) is 4.98 Å². The van der Waals surface area contributed by atoms with Gasteiger partial charge in [0.15, 0.2) is 5.65 Å². The van der Waals surface area contributed by atoms with Crippen LogP contribution in [0.5, 0.6) is 0 Å². The van der Waals surface area contributed by atoms with Crippen LogP contribution >= 0.6 is 0 Å². The summed E-state index contributed by atoms with van der Waals surface area (Å²) in [4.78, 5) is 16.8. The number of halogens is 1. The number of aromatic nitrogens is 3. The average Bonchev–Trinajstić information content (AvgIpc) is 3.36. The maximum Gasteiger partial charge on any atom is 0.254 e. The fourth-order valence-electron chi connectivity index (χ4n) is 4.24. The molecule has 2 aromatic heterocycles. The largest absolute Gasteiger partial charge is 0.393 e. The molecule has 1 aliphatic carbocycles. The topological polar surface area (TPSA) is 106 Å². The van der Waals surface area contributed by atoms with Crippen molar-refractivity contribution in [2.24, 2.45) is 5.92 Å². The van der Waals surface area contributed by atoms with Crippen molar-refractivity contribution in [2.45, 2.75) is 45.1 Å². The van der Waals surface area contributed by atoms with Crippen LogP contribution < -0.4 is 11.1 Å². The molecule has 4 N–H and O–H groups in total. The Bertz CT molecular complexity index is 1070. The third kappa shape index (κ3) is 4.00. The zero-order valence-electron chi connectivity index (χ0n) is 16.9. The smallest absolute Gasteiger partial charge is 0.254 e. The molecule has 3 aromatic rings. The van der Waals surface area contributed by atoms with Crippen LogP contribution in [0, 0.1) is 18.7 Å². The Labute approximate surface area is 174 Å². The average molecular weight is 411 g/mol. The predicted molar refractivity (Wildman–Crippen MR) is 112 cm³/mol. The lowest BCUT2D eigenvalue weighted by atomic mass is 9.97. The maximum atomic E-state index is 15.3. The molecule has 8 heteroatoms. The Morgan fingerprint density at radius 2 is 2.13 bits per heavy atom. The van der Waals surface area contributed by atoms with Crippen molar-refractivity contribution < 1.29 is 14.3 Å². The summed E-state index contributed by atoms with van der Waals surface area (Å²) in [5, 5.41) is 17.1. The second-order valence-corrected chi connectivity index (χ2v) is 7.96. The molecule has 1 amide bonds. The van der Waals surface area contributed by atoms with Crippen molar-refractivity contribution in [3.63, 3.8) is 0 Å². The summed E-state index contributed by atoms with van der Waals surface area (Å²) in [5.41, 5.74) is 7.57. The van der Waals surface area contributed by atoms with Crippen molar-refractivity contribution in [3.05, 3.63) is 47.4 Å². The van der Waals surface area contributed by atoms with E-state index in [1.54, 1.807) is 37.4 Å². The van der Waals surface area contributed by atoms with Gasteiger partial charge in [-0.25, -0.2) is 8.91 Å². The molecule has 0 bridgehead atoms. The van der Waals surface area contributed by atoms with Crippen molar-refractivity contribution in [2.75, 3.05) is 12.3 Å². The molecule has 1 aliphatic rings.